The van der Waals surface area contributed by atoms with Gasteiger partial charge in [-0.3, -0.25) is 9.59 Å². The third kappa shape index (κ3) is 6.24. The van der Waals surface area contributed by atoms with Crippen molar-refractivity contribution in [1.82, 2.24) is 10.6 Å². The lowest BCUT2D eigenvalue weighted by Crippen LogP contribution is -2.44. The number of methoxy groups -OCH3 is 1. The molecular formula is C24H32N2O4. The summed E-state index contributed by atoms with van der Waals surface area (Å²) in [6.45, 7) is 10.8. The van der Waals surface area contributed by atoms with Crippen molar-refractivity contribution in [3.05, 3.63) is 59.2 Å². The number of carbonyl (C=O) groups is 2. The Hall–Kier alpha value is -3.02. The Bertz CT molecular complexity index is 870. The maximum absolute atomic E-state index is 12.5. The van der Waals surface area contributed by atoms with E-state index in [4.69, 9.17) is 9.47 Å². The molecule has 6 heteroatoms. The van der Waals surface area contributed by atoms with Crippen LogP contribution in [0.4, 0.5) is 0 Å². The summed E-state index contributed by atoms with van der Waals surface area (Å²) < 4.78 is 10.8. The second kappa shape index (κ2) is 10.1. The standard InChI is InChI=1S/C24H32N2O4/c1-7-30-20-13-8-17(14-21(20)29-6)15-25-22(27)16(2)26-23(28)18-9-11-19(12-10-18)24(3,4)5/h8-14,16H,7,15H2,1-6H3,(H,25,27)(H,26,28). The summed E-state index contributed by atoms with van der Waals surface area (Å²) in [4.78, 5) is 24.9. The molecule has 2 amide bonds. The Morgan fingerprint density at radius 1 is 1.03 bits per heavy atom. The number of hydrogen-bond acceptors (Lipinski definition) is 4. The van der Waals surface area contributed by atoms with Crippen LogP contribution in [0.3, 0.4) is 0 Å². The molecule has 2 aromatic rings. The number of ether oxygens (including phenoxy) is 2. The molecule has 162 valence electrons. The van der Waals surface area contributed by atoms with E-state index in [1.54, 1.807) is 26.2 Å². The highest BCUT2D eigenvalue weighted by Gasteiger charge is 2.18. The Kier molecular flexibility index (Phi) is 7.86. The van der Waals surface area contributed by atoms with Gasteiger partial charge in [-0.15, -0.1) is 0 Å². The number of rotatable bonds is 8. The van der Waals surface area contributed by atoms with Gasteiger partial charge in [0.2, 0.25) is 5.91 Å². The highest BCUT2D eigenvalue weighted by Crippen LogP contribution is 2.28. The molecule has 0 bridgehead atoms. The zero-order chi connectivity index (χ0) is 22.3. The van der Waals surface area contributed by atoms with Crippen molar-refractivity contribution >= 4 is 11.8 Å². The van der Waals surface area contributed by atoms with E-state index in [-0.39, 0.29) is 17.2 Å². The monoisotopic (exact) mass is 412 g/mol. The van der Waals surface area contributed by atoms with Crippen LogP contribution in [0.5, 0.6) is 11.5 Å². The molecule has 0 saturated carbocycles. The Morgan fingerprint density at radius 2 is 1.70 bits per heavy atom. The molecule has 2 aromatic carbocycles. The van der Waals surface area contributed by atoms with E-state index < -0.39 is 6.04 Å². The van der Waals surface area contributed by atoms with Gasteiger partial charge in [-0.05, 0) is 54.7 Å². The molecule has 0 spiro atoms. The van der Waals surface area contributed by atoms with E-state index in [1.165, 1.54) is 0 Å². The molecule has 2 N–H and O–H groups in total. The van der Waals surface area contributed by atoms with Crippen LogP contribution in [0.1, 0.15) is 56.1 Å². The predicted octanol–water partition coefficient (Wildman–Crippen LogP) is 3.83. The van der Waals surface area contributed by atoms with Gasteiger partial charge in [0.1, 0.15) is 6.04 Å². The van der Waals surface area contributed by atoms with E-state index in [1.807, 2.05) is 37.3 Å². The topological polar surface area (TPSA) is 76.7 Å². The Balaban J connectivity index is 1.92. The molecule has 30 heavy (non-hydrogen) atoms. The molecule has 0 heterocycles. The van der Waals surface area contributed by atoms with Gasteiger partial charge in [0.25, 0.3) is 5.91 Å². The van der Waals surface area contributed by atoms with Crippen molar-refractivity contribution in [1.29, 1.82) is 0 Å². The van der Waals surface area contributed by atoms with Gasteiger partial charge >= 0.3 is 0 Å². The Morgan fingerprint density at radius 3 is 2.27 bits per heavy atom. The third-order valence-electron chi connectivity index (χ3n) is 4.75. The minimum absolute atomic E-state index is 0.0196. The molecule has 0 aromatic heterocycles. The molecule has 0 aliphatic heterocycles. The maximum atomic E-state index is 12.5. The quantitative estimate of drug-likeness (QED) is 0.691. The molecule has 1 unspecified atom stereocenters. The number of nitrogens with one attached hydrogen (secondary N) is 2. The zero-order valence-corrected chi connectivity index (χ0v) is 18.7. The zero-order valence-electron chi connectivity index (χ0n) is 18.7. The molecule has 0 saturated heterocycles. The van der Waals surface area contributed by atoms with E-state index in [9.17, 15) is 9.59 Å². The third-order valence-corrected chi connectivity index (χ3v) is 4.75. The van der Waals surface area contributed by atoms with Crippen LogP contribution in [0.2, 0.25) is 0 Å². The first-order chi connectivity index (χ1) is 14.2. The van der Waals surface area contributed by atoms with Crippen molar-refractivity contribution < 1.29 is 19.1 Å². The molecular weight excluding hydrogens is 380 g/mol. The van der Waals surface area contributed by atoms with Gasteiger partial charge in [-0.25, -0.2) is 0 Å². The van der Waals surface area contributed by atoms with Gasteiger partial charge < -0.3 is 20.1 Å². The lowest BCUT2D eigenvalue weighted by molar-refractivity contribution is -0.122. The fourth-order valence-corrected chi connectivity index (χ4v) is 2.91. The second-order valence-electron chi connectivity index (χ2n) is 8.16. The summed E-state index contributed by atoms with van der Waals surface area (Å²) in [5.41, 5.74) is 2.57. The van der Waals surface area contributed by atoms with Crippen molar-refractivity contribution in [3.63, 3.8) is 0 Å². The fraction of sp³-hybridized carbons (Fsp3) is 0.417. The molecule has 0 aliphatic rings. The van der Waals surface area contributed by atoms with Gasteiger partial charge in [-0.1, -0.05) is 39.0 Å². The summed E-state index contributed by atoms with van der Waals surface area (Å²) in [5.74, 6) is 0.736. The van der Waals surface area contributed by atoms with Gasteiger partial charge in [0, 0.05) is 12.1 Å². The minimum atomic E-state index is -0.663. The van der Waals surface area contributed by atoms with Crippen molar-refractivity contribution in [3.8, 4) is 11.5 Å². The summed E-state index contributed by atoms with van der Waals surface area (Å²) in [6, 6.07) is 12.3. The average molecular weight is 413 g/mol. The van der Waals surface area contributed by atoms with Crippen LogP contribution in [0.15, 0.2) is 42.5 Å². The first-order valence-electron chi connectivity index (χ1n) is 10.1. The highest BCUT2D eigenvalue weighted by molar-refractivity contribution is 5.97. The van der Waals surface area contributed by atoms with Crippen LogP contribution < -0.4 is 20.1 Å². The van der Waals surface area contributed by atoms with Crippen LogP contribution >= 0.6 is 0 Å². The minimum Gasteiger partial charge on any atom is -0.493 e. The Labute approximate surface area is 179 Å². The van der Waals surface area contributed by atoms with Crippen LogP contribution in [-0.2, 0) is 16.8 Å². The van der Waals surface area contributed by atoms with Gasteiger partial charge in [0.05, 0.1) is 13.7 Å². The second-order valence-corrected chi connectivity index (χ2v) is 8.16. The molecule has 1 atom stereocenters. The highest BCUT2D eigenvalue weighted by atomic mass is 16.5. The van der Waals surface area contributed by atoms with Crippen LogP contribution in [0, 0.1) is 0 Å². The number of benzene rings is 2. The molecule has 6 nitrogen and oxygen atoms in total. The van der Waals surface area contributed by atoms with Gasteiger partial charge in [-0.2, -0.15) is 0 Å². The first kappa shape index (κ1) is 23.3. The maximum Gasteiger partial charge on any atom is 0.251 e. The largest absolute Gasteiger partial charge is 0.493 e. The summed E-state index contributed by atoms with van der Waals surface area (Å²) in [6.07, 6.45) is 0. The van der Waals surface area contributed by atoms with E-state index in [0.717, 1.165) is 11.1 Å². The average Bonchev–Trinajstić information content (AvgIpc) is 2.72. The van der Waals surface area contributed by atoms with Crippen LogP contribution in [-0.4, -0.2) is 31.6 Å². The normalized spacial score (nSPS) is 12.1. The summed E-state index contributed by atoms with van der Waals surface area (Å²) >= 11 is 0. The summed E-state index contributed by atoms with van der Waals surface area (Å²) in [7, 11) is 1.58. The number of amides is 2. The van der Waals surface area contributed by atoms with E-state index >= 15 is 0 Å². The molecule has 0 fully saturated rings. The predicted molar refractivity (Wildman–Crippen MR) is 118 cm³/mol. The van der Waals surface area contributed by atoms with Crippen molar-refractivity contribution in [2.75, 3.05) is 13.7 Å². The van der Waals surface area contributed by atoms with Crippen LogP contribution in [0.25, 0.3) is 0 Å². The smallest absolute Gasteiger partial charge is 0.251 e. The fourth-order valence-electron chi connectivity index (χ4n) is 2.91. The lowest BCUT2D eigenvalue weighted by Gasteiger charge is -2.19. The van der Waals surface area contributed by atoms with E-state index in [0.29, 0.717) is 30.2 Å². The number of hydrogen-bond donors (Lipinski definition) is 2. The van der Waals surface area contributed by atoms with Crippen molar-refractivity contribution in [2.45, 2.75) is 52.6 Å². The SMILES string of the molecule is CCOc1ccc(CNC(=O)C(C)NC(=O)c2ccc(C(C)(C)C)cc2)cc1OC. The molecule has 0 aliphatic carbocycles. The summed E-state index contributed by atoms with van der Waals surface area (Å²) in [5, 5.41) is 5.58. The first-order valence-corrected chi connectivity index (χ1v) is 10.1. The molecule has 0 radical (unpaired) electrons. The van der Waals surface area contributed by atoms with E-state index in [2.05, 4.69) is 31.4 Å². The van der Waals surface area contributed by atoms with Gasteiger partial charge in [0.15, 0.2) is 11.5 Å². The molecule has 2 rings (SSSR count). The number of carbonyl (C=O) groups excluding carboxylic acids is 2. The lowest BCUT2D eigenvalue weighted by atomic mass is 9.86. The van der Waals surface area contributed by atoms with Crippen molar-refractivity contribution in [2.24, 2.45) is 0 Å².